The fourth-order valence-corrected chi connectivity index (χ4v) is 1.16. The quantitative estimate of drug-likeness (QED) is 0.788. The number of rotatable bonds is 3. The summed E-state index contributed by atoms with van der Waals surface area (Å²) in [6, 6.07) is 3.63. The van der Waals surface area contributed by atoms with Crippen LogP contribution >= 0.6 is 0 Å². The summed E-state index contributed by atoms with van der Waals surface area (Å²) in [6.45, 7) is 3.40. The molecule has 0 bridgehead atoms. The van der Waals surface area contributed by atoms with E-state index in [4.69, 9.17) is 4.74 Å². The minimum Gasteiger partial charge on any atom is -0.481 e. The number of aromatic nitrogens is 1. The first kappa shape index (κ1) is 10.5. The lowest BCUT2D eigenvalue weighted by molar-refractivity contribution is -0.119. The second kappa shape index (κ2) is 4.60. The minimum absolute atomic E-state index is 0.0223. The molecule has 1 amide bonds. The highest BCUT2D eigenvalue weighted by atomic mass is 16.5. The highest BCUT2D eigenvalue weighted by Gasteiger charge is 2.06. The Hall–Kier alpha value is -1.58. The van der Waals surface area contributed by atoms with E-state index in [1.807, 2.05) is 13.0 Å². The highest BCUT2D eigenvalue weighted by Crippen LogP contribution is 2.13. The van der Waals surface area contributed by atoms with E-state index in [2.05, 4.69) is 10.3 Å². The largest absolute Gasteiger partial charge is 0.481 e. The summed E-state index contributed by atoms with van der Waals surface area (Å²) in [5, 5.41) is 2.78. The molecule has 0 radical (unpaired) electrons. The second-order valence-corrected chi connectivity index (χ2v) is 3.06. The van der Waals surface area contributed by atoms with E-state index in [0.29, 0.717) is 5.88 Å². The molecule has 1 aromatic rings. The third kappa shape index (κ3) is 2.73. The van der Waals surface area contributed by atoms with E-state index in [0.717, 1.165) is 5.56 Å². The third-order valence-corrected chi connectivity index (χ3v) is 1.89. The summed E-state index contributed by atoms with van der Waals surface area (Å²) >= 11 is 0. The van der Waals surface area contributed by atoms with Gasteiger partial charge in [0.15, 0.2) is 0 Å². The number of amides is 1. The lowest BCUT2D eigenvalue weighted by Crippen LogP contribution is -2.23. The smallest absolute Gasteiger partial charge is 0.217 e. The first-order chi connectivity index (χ1) is 6.63. The average molecular weight is 194 g/mol. The summed E-state index contributed by atoms with van der Waals surface area (Å²) in [5.41, 5.74) is 0.959. The highest BCUT2D eigenvalue weighted by molar-refractivity contribution is 5.73. The third-order valence-electron chi connectivity index (χ3n) is 1.89. The van der Waals surface area contributed by atoms with E-state index in [1.54, 1.807) is 19.4 Å². The van der Waals surface area contributed by atoms with Crippen LogP contribution in [0.15, 0.2) is 18.3 Å². The first-order valence-corrected chi connectivity index (χ1v) is 4.40. The van der Waals surface area contributed by atoms with Crippen molar-refractivity contribution in [3.05, 3.63) is 23.9 Å². The molecule has 1 heterocycles. The van der Waals surface area contributed by atoms with Gasteiger partial charge in [0.1, 0.15) is 0 Å². The molecule has 0 aliphatic rings. The number of hydrogen-bond acceptors (Lipinski definition) is 3. The molecule has 76 valence electrons. The van der Waals surface area contributed by atoms with E-state index in [9.17, 15) is 4.79 Å². The molecule has 0 aromatic carbocycles. The average Bonchev–Trinajstić information content (AvgIpc) is 2.17. The van der Waals surface area contributed by atoms with Gasteiger partial charge in [-0.1, -0.05) is 6.07 Å². The van der Waals surface area contributed by atoms with Gasteiger partial charge in [0, 0.05) is 19.2 Å². The molecule has 0 aliphatic heterocycles. The van der Waals surface area contributed by atoms with Gasteiger partial charge in [-0.15, -0.1) is 0 Å². The molecule has 1 atom stereocenters. The summed E-state index contributed by atoms with van der Waals surface area (Å²) in [5.74, 6) is 0.525. The van der Waals surface area contributed by atoms with Gasteiger partial charge in [-0.3, -0.25) is 4.79 Å². The van der Waals surface area contributed by atoms with Crippen molar-refractivity contribution < 1.29 is 9.53 Å². The van der Waals surface area contributed by atoms with Crippen molar-refractivity contribution in [2.75, 3.05) is 7.11 Å². The van der Waals surface area contributed by atoms with E-state index in [-0.39, 0.29) is 11.9 Å². The second-order valence-electron chi connectivity index (χ2n) is 3.06. The Morgan fingerprint density at radius 2 is 2.29 bits per heavy atom. The zero-order chi connectivity index (χ0) is 10.6. The van der Waals surface area contributed by atoms with Crippen LogP contribution in [0.3, 0.4) is 0 Å². The number of carbonyl (C=O) groups excluding carboxylic acids is 1. The topological polar surface area (TPSA) is 51.2 Å². The van der Waals surface area contributed by atoms with Crippen LogP contribution in [0.4, 0.5) is 0 Å². The van der Waals surface area contributed by atoms with Crippen molar-refractivity contribution in [1.82, 2.24) is 10.3 Å². The van der Waals surface area contributed by atoms with Gasteiger partial charge in [0.25, 0.3) is 0 Å². The predicted octanol–water partition coefficient (Wildman–Crippen LogP) is 1.29. The molecule has 4 nitrogen and oxygen atoms in total. The molecular weight excluding hydrogens is 180 g/mol. The molecule has 0 spiro atoms. The summed E-state index contributed by atoms with van der Waals surface area (Å²) in [7, 11) is 1.57. The number of carbonyl (C=O) groups is 1. The van der Waals surface area contributed by atoms with Crippen molar-refractivity contribution in [3.8, 4) is 5.88 Å². The molecule has 0 fully saturated rings. The monoisotopic (exact) mass is 194 g/mol. The molecule has 0 saturated carbocycles. The Kier molecular flexibility index (Phi) is 3.45. The summed E-state index contributed by atoms with van der Waals surface area (Å²) in [4.78, 5) is 14.8. The number of nitrogens with one attached hydrogen (secondary N) is 1. The Bertz CT molecular complexity index is 308. The Labute approximate surface area is 83.3 Å². The molecule has 14 heavy (non-hydrogen) atoms. The molecule has 1 rings (SSSR count). The van der Waals surface area contributed by atoms with Crippen molar-refractivity contribution in [3.63, 3.8) is 0 Å². The van der Waals surface area contributed by atoms with Crippen LogP contribution in [-0.4, -0.2) is 18.0 Å². The van der Waals surface area contributed by atoms with E-state index < -0.39 is 0 Å². The standard InChI is InChI=1S/C10H14N2O2/c1-7(12-8(2)13)9-4-5-10(14-3)11-6-9/h4-7H,1-3H3,(H,12,13)/t7-/m0/s1. The zero-order valence-electron chi connectivity index (χ0n) is 8.57. The van der Waals surface area contributed by atoms with E-state index in [1.165, 1.54) is 6.92 Å². The zero-order valence-corrected chi connectivity index (χ0v) is 8.57. The van der Waals surface area contributed by atoms with Gasteiger partial charge in [0.05, 0.1) is 13.2 Å². The lowest BCUT2D eigenvalue weighted by atomic mass is 10.1. The Balaban J connectivity index is 2.71. The summed E-state index contributed by atoms with van der Waals surface area (Å²) in [6.07, 6.45) is 1.69. The fourth-order valence-electron chi connectivity index (χ4n) is 1.16. The van der Waals surface area contributed by atoms with Crippen LogP contribution < -0.4 is 10.1 Å². The molecule has 0 saturated heterocycles. The van der Waals surface area contributed by atoms with Gasteiger partial charge in [-0.2, -0.15) is 0 Å². The molecule has 4 heteroatoms. The van der Waals surface area contributed by atoms with Crippen LogP contribution in [-0.2, 0) is 4.79 Å². The van der Waals surface area contributed by atoms with Crippen LogP contribution in [0.5, 0.6) is 5.88 Å². The minimum atomic E-state index is -0.0479. The fraction of sp³-hybridized carbons (Fsp3) is 0.400. The van der Waals surface area contributed by atoms with Crippen LogP contribution in [0.1, 0.15) is 25.5 Å². The maximum absolute atomic E-state index is 10.8. The van der Waals surface area contributed by atoms with Gasteiger partial charge in [-0.25, -0.2) is 4.98 Å². The van der Waals surface area contributed by atoms with Crippen LogP contribution in [0, 0.1) is 0 Å². The molecule has 0 unspecified atom stereocenters. The Morgan fingerprint density at radius 3 is 2.71 bits per heavy atom. The van der Waals surface area contributed by atoms with Crippen molar-refractivity contribution in [1.29, 1.82) is 0 Å². The van der Waals surface area contributed by atoms with Crippen molar-refractivity contribution in [2.45, 2.75) is 19.9 Å². The van der Waals surface area contributed by atoms with E-state index >= 15 is 0 Å². The van der Waals surface area contributed by atoms with Gasteiger partial charge in [-0.05, 0) is 12.5 Å². The SMILES string of the molecule is COc1ccc([C@H](C)NC(C)=O)cn1. The molecule has 1 N–H and O–H groups in total. The maximum atomic E-state index is 10.8. The van der Waals surface area contributed by atoms with Gasteiger partial charge < -0.3 is 10.1 Å². The predicted molar refractivity (Wildman–Crippen MR) is 53.0 cm³/mol. The number of hydrogen-bond donors (Lipinski definition) is 1. The molecular formula is C10H14N2O2. The normalized spacial score (nSPS) is 11.9. The number of methoxy groups -OCH3 is 1. The first-order valence-electron chi connectivity index (χ1n) is 4.40. The molecule has 1 aromatic heterocycles. The van der Waals surface area contributed by atoms with Crippen molar-refractivity contribution in [2.24, 2.45) is 0 Å². The molecule has 0 aliphatic carbocycles. The number of pyridine rings is 1. The van der Waals surface area contributed by atoms with Crippen LogP contribution in [0.2, 0.25) is 0 Å². The number of ether oxygens (including phenoxy) is 1. The van der Waals surface area contributed by atoms with Crippen molar-refractivity contribution >= 4 is 5.91 Å². The maximum Gasteiger partial charge on any atom is 0.217 e. The van der Waals surface area contributed by atoms with Crippen LogP contribution in [0.25, 0.3) is 0 Å². The summed E-state index contributed by atoms with van der Waals surface area (Å²) < 4.78 is 4.93. The Morgan fingerprint density at radius 1 is 1.57 bits per heavy atom. The van der Waals surface area contributed by atoms with Gasteiger partial charge in [0.2, 0.25) is 11.8 Å². The number of nitrogens with zero attached hydrogens (tertiary/aromatic N) is 1. The van der Waals surface area contributed by atoms with Gasteiger partial charge >= 0.3 is 0 Å². The lowest BCUT2D eigenvalue weighted by Gasteiger charge is -2.12.